The van der Waals surface area contributed by atoms with Crippen molar-refractivity contribution in [2.75, 3.05) is 6.54 Å². The molecule has 0 aliphatic heterocycles. The minimum absolute atomic E-state index is 0.0624. The number of nitrogens with two attached hydrogens (primary N) is 1. The Labute approximate surface area is 121 Å². The van der Waals surface area contributed by atoms with Crippen LogP contribution in [0.15, 0.2) is 0 Å². The molecule has 0 aromatic heterocycles. The maximum absolute atomic E-state index is 12.2. The molecule has 4 heteroatoms. The normalized spacial score (nSPS) is 48.8. The van der Waals surface area contributed by atoms with Crippen LogP contribution in [0.25, 0.3) is 0 Å². The molecule has 20 heavy (non-hydrogen) atoms. The fourth-order valence-electron chi connectivity index (χ4n) is 5.74. The van der Waals surface area contributed by atoms with Gasteiger partial charge in [-0.05, 0) is 75.0 Å². The van der Waals surface area contributed by atoms with Crippen LogP contribution in [-0.2, 0) is 0 Å². The summed E-state index contributed by atoms with van der Waals surface area (Å²) in [5, 5.41) is 6.43. The van der Waals surface area contributed by atoms with Crippen LogP contribution >= 0.6 is 0 Å². The van der Waals surface area contributed by atoms with E-state index < -0.39 is 0 Å². The van der Waals surface area contributed by atoms with Crippen molar-refractivity contribution in [2.24, 2.45) is 29.4 Å². The molecule has 0 radical (unpaired) electrons. The highest BCUT2D eigenvalue weighted by Crippen LogP contribution is 2.55. The van der Waals surface area contributed by atoms with Crippen molar-refractivity contribution in [1.82, 2.24) is 10.6 Å². The highest BCUT2D eigenvalue weighted by Gasteiger charge is 2.51. The number of rotatable bonds is 3. The molecule has 0 unspecified atom stereocenters. The standard InChI is InChI=1S/C16H27N3O/c17-14-4-13(5-14)9-18-15(20)19-16-6-10-1-11(7-16)3-12(2-10)8-16/h10-14H,1-9,17H2,(H2,18,19,20). The van der Waals surface area contributed by atoms with Crippen molar-refractivity contribution in [3.8, 4) is 0 Å². The fraction of sp³-hybridized carbons (Fsp3) is 0.938. The Morgan fingerprint density at radius 2 is 1.55 bits per heavy atom. The Morgan fingerprint density at radius 1 is 1.00 bits per heavy atom. The van der Waals surface area contributed by atoms with Gasteiger partial charge in [-0.15, -0.1) is 0 Å². The number of hydrogen-bond acceptors (Lipinski definition) is 2. The molecule has 0 heterocycles. The van der Waals surface area contributed by atoms with Crippen LogP contribution in [0.3, 0.4) is 0 Å². The summed E-state index contributed by atoms with van der Waals surface area (Å²) < 4.78 is 0. The maximum Gasteiger partial charge on any atom is 0.315 e. The van der Waals surface area contributed by atoms with Crippen LogP contribution in [0.4, 0.5) is 4.79 Å². The summed E-state index contributed by atoms with van der Waals surface area (Å²) in [6.07, 6.45) is 10.1. The summed E-state index contributed by atoms with van der Waals surface area (Å²) in [6.45, 7) is 0.798. The monoisotopic (exact) mass is 277 g/mol. The second-order valence-corrected chi connectivity index (χ2v) is 8.13. The smallest absolute Gasteiger partial charge is 0.315 e. The Kier molecular flexibility index (Phi) is 2.99. The van der Waals surface area contributed by atoms with Crippen LogP contribution in [0.2, 0.25) is 0 Å². The van der Waals surface area contributed by atoms with Gasteiger partial charge in [0.2, 0.25) is 0 Å². The van der Waals surface area contributed by atoms with Gasteiger partial charge in [0.25, 0.3) is 0 Å². The molecule has 4 N–H and O–H groups in total. The lowest BCUT2D eigenvalue weighted by molar-refractivity contribution is -0.0136. The number of urea groups is 1. The van der Waals surface area contributed by atoms with E-state index in [0.717, 1.165) is 37.1 Å². The topological polar surface area (TPSA) is 67.1 Å². The van der Waals surface area contributed by atoms with Gasteiger partial charge >= 0.3 is 6.03 Å². The van der Waals surface area contributed by atoms with Crippen molar-refractivity contribution < 1.29 is 4.79 Å². The van der Waals surface area contributed by atoms with Gasteiger partial charge in [-0.3, -0.25) is 0 Å². The minimum atomic E-state index is 0.0624. The summed E-state index contributed by atoms with van der Waals surface area (Å²) in [6, 6.07) is 0.431. The van der Waals surface area contributed by atoms with Crippen LogP contribution in [0, 0.1) is 23.7 Å². The molecule has 0 atom stereocenters. The average Bonchev–Trinajstić information content (AvgIpc) is 2.30. The third-order valence-electron chi connectivity index (χ3n) is 6.24. The first-order chi connectivity index (χ1) is 9.60. The summed E-state index contributed by atoms with van der Waals surface area (Å²) in [5.41, 5.74) is 5.92. The molecule has 4 nitrogen and oxygen atoms in total. The lowest BCUT2D eigenvalue weighted by Gasteiger charge is -2.56. The molecule has 4 bridgehead atoms. The molecule has 0 spiro atoms. The van der Waals surface area contributed by atoms with E-state index in [-0.39, 0.29) is 11.6 Å². The van der Waals surface area contributed by atoms with Crippen molar-refractivity contribution >= 4 is 6.03 Å². The first kappa shape index (κ1) is 12.9. The fourth-order valence-corrected chi connectivity index (χ4v) is 5.74. The average molecular weight is 277 g/mol. The van der Waals surface area contributed by atoms with Gasteiger partial charge < -0.3 is 16.4 Å². The van der Waals surface area contributed by atoms with Crippen LogP contribution in [0.1, 0.15) is 51.4 Å². The van der Waals surface area contributed by atoms with Crippen LogP contribution in [-0.4, -0.2) is 24.2 Å². The first-order valence-electron chi connectivity index (χ1n) is 8.42. The molecular weight excluding hydrogens is 250 g/mol. The number of carbonyl (C=O) groups excluding carboxylic acids is 1. The van der Waals surface area contributed by atoms with Gasteiger partial charge in [-0.2, -0.15) is 0 Å². The third-order valence-corrected chi connectivity index (χ3v) is 6.24. The summed E-state index contributed by atoms with van der Waals surface area (Å²) >= 11 is 0. The first-order valence-corrected chi connectivity index (χ1v) is 8.42. The zero-order chi connectivity index (χ0) is 13.7. The van der Waals surface area contributed by atoms with E-state index in [1.54, 1.807) is 0 Å². The Bertz CT molecular complexity index is 367. The zero-order valence-corrected chi connectivity index (χ0v) is 12.2. The Hall–Kier alpha value is -0.770. The molecule has 0 aromatic rings. The molecule has 5 saturated carbocycles. The molecule has 0 aromatic carbocycles. The summed E-state index contributed by atoms with van der Waals surface area (Å²) in [5.74, 6) is 3.25. The predicted octanol–water partition coefficient (Wildman–Crippen LogP) is 1.99. The highest BCUT2D eigenvalue weighted by molar-refractivity contribution is 5.74. The molecule has 5 aliphatic carbocycles. The lowest BCUT2D eigenvalue weighted by atomic mass is 9.53. The molecule has 2 amide bonds. The van der Waals surface area contributed by atoms with Crippen LogP contribution < -0.4 is 16.4 Å². The third kappa shape index (κ3) is 2.32. The van der Waals surface area contributed by atoms with Gasteiger partial charge in [-0.1, -0.05) is 0 Å². The molecule has 0 saturated heterocycles. The number of nitrogens with one attached hydrogen (secondary N) is 2. The van der Waals surface area contributed by atoms with E-state index in [9.17, 15) is 4.79 Å². The van der Waals surface area contributed by atoms with Gasteiger partial charge in [0.15, 0.2) is 0 Å². The largest absolute Gasteiger partial charge is 0.338 e. The SMILES string of the molecule is NC1CC(CNC(=O)NC23CC4CC(CC(C4)C2)C3)C1. The molecule has 5 rings (SSSR count). The van der Waals surface area contributed by atoms with E-state index in [0.29, 0.717) is 12.0 Å². The summed E-state index contributed by atoms with van der Waals surface area (Å²) in [7, 11) is 0. The maximum atomic E-state index is 12.2. The number of amides is 2. The molecular formula is C16H27N3O. The highest BCUT2D eigenvalue weighted by atomic mass is 16.2. The van der Waals surface area contributed by atoms with Crippen molar-refractivity contribution in [1.29, 1.82) is 0 Å². The minimum Gasteiger partial charge on any atom is -0.338 e. The summed E-state index contributed by atoms with van der Waals surface area (Å²) in [4.78, 5) is 12.2. The van der Waals surface area contributed by atoms with E-state index >= 15 is 0 Å². The van der Waals surface area contributed by atoms with Crippen molar-refractivity contribution in [3.63, 3.8) is 0 Å². The quantitative estimate of drug-likeness (QED) is 0.738. The second kappa shape index (κ2) is 4.62. The van der Waals surface area contributed by atoms with E-state index in [4.69, 9.17) is 5.73 Å². The van der Waals surface area contributed by atoms with E-state index in [1.807, 2.05) is 0 Å². The van der Waals surface area contributed by atoms with Gasteiger partial charge in [0.1, 0.15) is 0 Å². The van der Waals surface area contributed by atoms with Gasteiger partial charge in [0.05, 0.1) is 0 Å². The Balaban J connectivity index is 1.31. The second-order valence-electron chi connectivity index (χ2n) is 8.13. The molecule has 5 fully saturated rings. The Morgan fingerprint density at radius 3 is 2.05 bits per heavy atom. The van der Waals surface area contributed by atoms with Gasteiger partial charge in [0, 0.05) is 18.1 Å². The molecule has 5 aliphatic rings. The van der Waals surface area contributed by atoms with Crippen LogP contribution in [0.5, 0.6) is 0 Å². The van der Waals surface area contributed by atoms with Gasteiger partial charge in [-0.25, -0.2) is 4.79 Å². The predicted molar refractivity (Wildman–Crippen MR) is 78.1 cm³/mol. The van der Waals surface area contributed by atoms with Crippen molar-refractivity contribution in [2.45, 2.75) is 62.9 Å². The number of carbonyl (C=O) groups is 1. The van der Waals surface area contributed by atoms with E-state index in [1.165, 1.54) is 38.5 Å². The van der Waals surface area contributed by atoms with E-state index in [2.05, 4.69) is 10.6 Å². The zero-order valence-electron chi connectivity index (χ0n) is 12.2. The lowest BCUT2D eigenvalue weighted by Crippen LogP contribution is -2.61. The molecule has 112 valence electrons. The number of hydrogen-bond donors (Lipinski definition) is 3. The van der Waals surface area contributed by atoms with Crippen molar-refractivity contribution in [3.05, 3.63) is 0 Å².